The lowest BCUT2D eigenvalue weighted by molar-refractivity contribution is 0.475. The van der Waals surface area contributed by atoms with E-state index < -0.39 is 0 Å². The molecule has 3 N–H and O–H groups in total. The first kappa shape index (κ1) is 9.73. The number of hydrogen-bond acceptors (Lipinski definition) is 3. The van der Waals surface area contributed by atoms with Crippen molar-refractivity contribution < 1.29 is 5.11 Å². The number of phenolic OH excluding ortho intramolecular Hbond substituents is 1. The number of benzene rings is 1. The Kier molecular flexibility index (Phi) is 2.99. The van der Waals surface area contributed by atoms with Gasteiger partial charge in [0.2, 0.25) is 0 Å². The number of hydrogen-bond donors (Lipinski definition) is 3. The quantitative estimate of drug-likeness (QED) is 0.704. The summed E-state index contributed by atoms with van der Waals surface area (Å²) in [5.41, 5.74) is 2.28. The van der Waals surface area contributed by atoms with Gasteiger partial charge in [-0.1, -0.05) is 12.1 Å². The normalized spacial score (nSPS) is 10.4. The van der Waals surface area contributed by atoms with E-state index in [9.17, 15) is 0 Å². The van der Waals surface area contributed by atoms with Gasteiger partial charge < -0.3 is 10.4 Å². The maximum atomic E-state index is 9.10. The van der Waals surface area contributed by atoms with E-state index in [-0.39, 0.29) is 0 Å². The Morgan fingerprint density at radius 3 is 2.53 bits per heavy atom. The lowest BCUT2D eigenvalue weighted by Crippen LogP contribution is -2.11. The van der Waals surface area contributed by atoms with Gasteiger partial charge in [0.05, 0.1) is 6.20 Å². The second kappa shape index (κ2) is 4.61. The number of nitrogens with one attached hydrogen (secondary N) is 2. The van der Waals surface area contributed by atoms with E-state index in [1.807, 2.05) is 18.3 Å². The minimum atomic E-state index is 0.300. The van der Waals surface area contributed by atoms with Crippen LogP contribution in [0.3, 0.4) is 0 Å². The number of phenols is 1. The van der Waals surface area contributed by atoms with Crippen molar-refractivity contribution in [2.45, 2.75) is 13.1 Å². The largest absolute Gasteiger partial charge is 0.508 e. The van der Waals surface area contributed by atoms with Crippen LogP contribution in [0.15, 0.2) is 36.7 Å². The highest BCUT2D eigenvalue weighted by atomic mass is 16.3. The first-order chi connectivity index (χ1) is 7.34. The molecule has 78 valence electrons. The third-order valence-corrected chi connectivity index (χ3v) is 2.15. The van der Waals surface area contributed by atoms with Crippen molar-refractivity contribution in [3.8, 4) is 5.75 Å². The molecule has 0 atom stereocenters. The third kappa shape index (κ3) is 2.82. The Labute approximate surface area is 88.0 Å². The average Bonchev–Trinajstić information content (AvgIpc) is 2.74. The molecule has 0 amide bonds. The monoisotopic (exact) mass is 203 g/mol. The fourth-order valence-electron chi connectivity index (χ4n) is 1.34. The number of aromatic amines is 1. The van der Waals surface area contributed by atoms with Crippen LogP contribution in [0.25, 0.3) is 0 Å². The van der Waals surface area contributed by atoms with Crippen molar-refractivity contribution in [1.29, 1.82) is 0 Å². The van der Waals surface area contributed by atoms with Crippen LogP contribution in [0.1, 0.15) is 11.1 Å². The number of nitrogens with zero attached hydrogens (tertiary/aromatic N) is 1. The zero-order valence-corrected chi connectivity index (χ0v) is 8.27. The van der Waals surface area contributed by atoms with Crippen molar-refractivity contribution in [3.05, 3.63) is 47.8 Å². The number of aromatic hydroxyl groups is 1. The molecule has 0 unspecified atom stereocenters. The molecule has 0 aliphatic heterocycles. The van der Waals surface area contributed by atoms with Gasteiger partial charge in [-0.25, -0.2) is 0 Å². The van der Waals surface area contributed by atoms with E-state index >= 15 is 0 Å². The van der Waals surface area contributed by atoms with E-state index in [1.54, 1.807) is 18.3 Å². The van der Waals surface area contributed by atoms with Crippen LogP contribution >= 0.6 is 0 Å². The van der Waals surface area contributed by atoms with Crippen LogP contribution in [0.4, 0.5) is 0 Å². The summed E-state index contributed by atoms with van der Waals surface area (Å²) in [6, 6.07) is 7.18. The van der Waals surface area contributed by atoms with Crippen LogP contribution in [0.5, 0.6) is 5.75 Å². The van der Waals surface area contributed by atoms with Crippen molar-refractivity contribution in [2.24, 2.45) is 0 Å². The topological polar surface area (TPSA) is 60.9 Å². The van der Waals surface area contributed by atoms with Crippen LogP contribution in [-0.2, 0) is 13.1 Å². The molecule has 0 saturated carbocycles. The smallest absolute Gasteiger partial charge is 0.115 e. The Morgan fingerprint density at radius 1 is 1.13 bits per heavy atom. The van der Waals surface area contributed by atoms with Gasteiger partial charge in [0.25, 0.3) is 0 Å². The van der Waals surface area contributed by atoms with Gasteiger partial charge in [0.1, 0.15) is 5.75 Å². The molecular weight excluding hydrogens is 190 g/mol. The van der Waals surface area contributed by atoms with E-state index in [0.717, 1.165) is 24.2 Å². The Hall–Kier alpha value is -1.81. The summed E-state index contributed by atoms with van der Waals surface area (Å²) < 4.78 is 0. The van der Waals surface area contributed by atoms with Gasteiger partial charge in [-0.2, -0.15) is 5.10 Å². The molecule has 15 heavy (non-hydrogen) atoms. The molecule has 0 aliphatic carbocycles. The Bertz CT molecular complexity index is 394. The number of H-pyrrole nitrogens is 1. The highest BCUT2D eigenvalue weighted by Gasteiger charge is 1.95. The lowest BCUT2D eigenvalue weighted by atomic mass is 10.2. The highest BCUT2D eigenvalue weighted by molar-refractivity contribution is 5.25. The van der Waals surface area contributed by atoms with E-state index in [2.05, 4.69) is 15.5 Å². The van der Waals surface area contributed by atoms with E-state index in [1.165, 1.54) is 0 Å². The van der Waals surface area contributed by atoms with Crippen molar-refractivity contribution in [3.63, 3.8) is 0 Å². The van der Waals surface area contributed by atoms with Crippen molar-refractivity contribution in [2.75, 3.05) is 0 Å². The summed E-state index contributed by atoms with van der Waals surface area (Å²) >= 11 is 0. The second-order valence-electron chi connectivity index (χ2n) is 3.38. The van der Waals surface area contributed by atoms with Gasteiger partial charge in [-0.3, -0.25) is 5.10 Å². The first-order valence-corrected chi connectivity index (χ1v) is 4.81. The highest BCUT2D eigenvalue weighted by Crippen LogP contribution is 2.09. The summed E-state index contributed by atoms with van der Waals surface area (Å²) in [5.74, 6) is 0.300. The van der Waals surface area contributed by atoms with Crippen LogP contribution in [-0.4, -0.2) is 15.3 Å². The van der Waals surface area contributed by atoms with Crippen molar-refractivity contribution in [1.82, 2.24) is 15.5 Å². The van der Waals surface area contributed by atoms with E-state index in [0.29, 0.717) is 5.75 Å². The molecule has 2 rings (SSSR count). The average molecular weight is 203 g/mol. The van der Waals surface area contributed by atoms with Gasteiger partial charge in [-0.05, 0) is 17.7 Å². The third-order valence-electron chi connectivity index (χ3n) is 2.15. The minimum Gasteiger partial charge on any atom is -0.508 e. The summed E-state index contributed by atoms with van der Waals surface area (Å²) in [6.45, 7) is 1.57. The zero-order valence-electron chi connectivity index (χ0n) is 8.27. The first-order valence-electron chi connectivity index (χ1n) is 4.81. The molecule has 1 heterocycles. The molecule has 0 bridgehead atoms. The maximum Gasteiger partial charge on any atom is 0.115 e. The molecule has 0 saturated heterocycles. The number of aromatic nitrogens is 2. The summed E-state index contributed by atoms with van der Waals surface area (Å²) in [5, 5.41) is 19.0. The van der Waals surface area contributed by atoms with Crippen LogP contribution in [0.2, 0.25) is 0 Å². The van der Waals surface area contributed by atoms with Gasteiger partial charge in [0, 0.05) is 24.8 Å². The van der Waals surface area contributed by atoms with Gasteiger partial charge >= 0.3 is 0 Å². The molecular formula is C11H13N3O. The SMILES string of the molecule is Oc1ccc(CNCc2cn[nH]c2)cc1. The van der Waals surface area contributed by atoms with E-state index in [4.69, 9.17) is 5.11 Å². The molecule has 2 aromatic rings. The van der Waals surface area contributed by atoms with Crippen molar-refractivity contribution >= 4 is 0 Å². The van der Waals surface area contributed by atoms with Crippen LogP contribution in [0, 0.1) is 0 Å². The molecule has 4 heteroatoms. The molecule has 1 aromatic carbocycles. The standard InChI is InChI=1S/C11H13N3O/c15-11-3-1-9(2-4-11)5-12-6-10-7-13-14-8-10/h1-4,7-8,12,15H,5-6H2,(H,13,14). The molecule has 0 aliphatic rings. The Morgan fingerprint density at radius 2 is 1.87 bits per heavy atom. The summed E-state index contributed by atoms with van der Waals surface area (Å²) in [4.78, 5) is 0. The maximum absolute atomic E-state index is 9.10. The predicted molar refractivity (Wildman–Crippen MR) is 57.2 cm³/mol. The van der Waals surface area contributed by atoms with Crippen LogP contribution < -0.4 is 5.32 Å². The molecule has 0 radical (unpaired) electrons. The van der Waals surface area contributed by atoms with Gasteiger partial charge in [-0.15, -0.1) is 0 Å². The molecule has 0 fully saturated rings. The Balaban J connectivity index is 1.81. The fourth-order valence-corrected chi connectivity index (χ4v) is 1.34. The molecule has 0 spiro atoms. The lowest BCUT2D eigenvalue weighted by Gasteiger charge is -2.03. The molecule has 1 aromatic heterocycles. The predicted octanol–water partition coefficient (Wildman–Crippen LogP) is 1.41. The molecule has 4 nitrogen and oxygen atoms in total. The van der Waals surface area contributed by atoms with Gasteiger partial charge in [0.15, 0.2) is 0 Å². The minimum absolute atomic E-state index is 0.300. The number of rotatable bonds is 4. The summed E-state index contributed by atoms with van der Waals surface area (Å²) in [7, 11) is 0. The fraction of sp³-hybridized carbons (Fsp3) is 0.182. The summed E-state index contributed by atoms with van der Waals surface area (Å²) in [6.07, 6.45) is 3.66. The second-order valence-corrected chi connectivity index (χ2v) is 3.38. The zero-order chi connectivity index (χ0) is 10.5.